The molecule has 0 aromatic heterocycles. The normalized spacial score (nSPS) is 20.8. The van der Waals surface area contributed by atoms with Gasteiger partial charge in [0.1, 0.15) is 0 Å². The van der Waals surface area contributed by atoms with Crippen molar-refractivity contribution in [3.05, 3.63) is 29.8 Å². The molecular weight excluding hydrogens is 234 g/mol. The largest absolute Gasteiger partial charge is 0.378 e. The van der Waals surface area contributed by atoms with Crippen LogP contribution < -0.4 is 10.2 Å². The molecule has 0 bridgehead atoms. The molecule has 1 heterocycles. The van der Waals surface area contributed by atoms with E-state index in [1.54, 1.807) is 0 Å². The molecule has 1 aliphatic rings. The van der Waals surface area contributed by atoms with Crippen molar-refractivity contribution in [3.8, 4) is 0 Å². The van der Waals surface area contributed by atoms with E-state index in [0.29, 0.717) is 12.1 Å². The lowest BCUT2D eigenvalue weighted by Crippen LogP contribution is -2.38. The average molecular weight is 261 g/mol. The fourth-order valence-electron chi connectivity index (χ4n) is 3.01. The third kappa shape index (κ3) is 3.28. The summed E-state index contributed by atoms with van der Waals surface area (Å²) >= 11 is 0. The van der Waals surface area contributed by atoms with E-state index >= 15 is 0 Å². The van der Waals surface area contributed by atoms with Crippen molar-refractivity contribution in [2.75, 3.05) is 38.6 Å². The van der Waals surface area contributed by atoms with Gasteiger partial charge in [-0.15, -0.1) is 0 Å². The van der Waals surface area contributed by atoms with Crippen molar-refractivity contribution in [1.29, 1.82) is 0 Å². The van der Waals surface area contributed by atoms with E-state index in [4.69, 9.17) is 0 Å². The molecule has 2 unspecified atom stereocenters. The van der Waals surface area contributed by atoms with Gasteiger partial charge in [-0.25, -0.2) is 0 Å². The van der Waals surface area contributed by atoms with Gasteiger partial charge < -0.3 is 10.2 Å². The highest BCUT2D eigenvalue weighted by Crippen LogP contribution is 2.26. The lowest BCUT2D eigenvalue weighted by atomic mass is 10.0. The summed E-state index contributed by atoms with van der Waals surface area (Å²) in [5.74, 6) is 0. The second kappa shape index (κ2) is 6.40. The summed E-state index contributed by atoms with van der Waals surface area (Å²) in [5.41, 5.74) is 2.68. The molecule has 3 nitrogen and oxygen atoms in total. The Bertz CT molecular complexity index is 379. The zero-order valence-electron chi connectivity index (χ0n) is 12.7. The summed E-state index contributed by atoms with van der Waals surface area (Å²) in [6.45, 7) is 8.00. The van der Waals surface area contributed by atoms with Crippen molar-refractivity contribution >= 4 is 5.69 Å². The molecule has 3 heteroatoms. The van der Waals surface area contributed by atoms with Crippen LogP contribution in [0.5, 0.6) is 0 Å². The summed E-state index contributed by atoms with van der Waals surface area (Å²) in [5, 5.41) is 3.47. The molecule has 19 heavy (non-hydrogen) atoms. The van der Waals surface area contributed by atoms with Crippen molar-refractivity contribution < 1.29 is 0 Å². The minimum atomic E-state index is 0.492. The van der Waals surface area contributed by atoms with E-state index in [2.05, 4.69) is 67.3 Å². The molecular formula is C16H27N3. The van der Waals surface area contributed by atoms with Gasteiger partial charge in [-0.2, -0.15) is 0 Å². The van der Waals surface area contributed by atoms with Gasteiger partial charge in [0.2, 0.25) is 0 Å². The maximum absolute atomic E-state index is 3.47. The van der Waals surface area contributed by atoms with Gasteiger partial charge in [-0.3, -0.25) is 4.90 Å². The second-order valence-electron chi connectivity index (χ2n) is 5.64. The fourth-order valence-corrected chi connectivity index (χ4v) is 3.01. The van der Waals surface area contributed by atoms with Crippen LogP contribution in [0, 0.1) is 0 Å². The number of likely N-dealkylation sites (N-methyl/N-ethyl adjacent to an activating group) is 1. The molecule has 0 saturated carbocycles. The highest BCUT2D eigenvalue weighted by molar-refractivity contribution is 5.46. The molecule has 2 rings (SSSR count). The summed E-state index contributed by atoms with van der Waals surface area (Å²) in [4.78, 5) is 4.76. The van der Waals surface area contributed by atoms with E-state index in [0.717, 1.165) is 19.6 Å². The number of rotatable bonds is 5. The maximum atomic E-state index is 3.47. The topological polar surface area (TPSA) is 18.5 Å². The van der Waals surface area contributed by atoms with E-state index in [1.165, 1.54) is 17.7 Å². The molecule has 1 saturated heterocycles. The Kier molecular flexibility index (Phi) is 4.83. The molecule has 1 N–H and O–H groups in total. The smallest absolute Gasteiger partial charge is 0.0361 e. The zero-order chi connectivity index (χ0) is 13.8. The molecule has 0 amide bonds. The Morgan fingerprint density at radius 3 is 2.42 bits per heavy atom. The summed E-state index contributed by atoms with van der Waals surface area (Å²) in [7, 11) is 4.17. The molecule has 1 aliphatic heterocycles. The Hall–Kier alpha value is -1.06. The third-order valence-electron chi connectivity index (χ3n) is 4.26. The summed E-state index contributed by atoms with van der Waals surface area (Å²) in [6, 6.07) is 10.1. The molecule has 1 aromatic rings. The lowest BCUT2D eigenvalue weighted by Gasteiger charge is -2.33. The van der Waals surface area contributed by atoms with Crippen LogP contribution in [-0.4, -0.2) is 44.7 Å². The predicted molar refractivity (Wildman–Crippen MR) is 82.8 cm³/mol. The first-order valence-corrected chi connectivity index (χ1v) is 7.37. The molecule has 2 atom stereocenters. The van der Waals surface area contributed by atoms with E-state index in [1.807, 2.05) is 0 Å². The SMILES string of the molecule is CCN(C1CCNC1)C(C)c1ccc(N(C)C)cc1. The molecule has 1 aromatic carbocycles. The summed E-state index contributed by atoms with van der Waals surface area (Å²) in [6.07, 6.45) is 1.27. The van der Waals surface area contributed by atoms with Crippen LogP contribution in [0.15, 0.2) is 24.3 Å². The van der Waals surface area contributed by atoms with Crippen molar-refractivity contribution in [2.45, 2.75) is 32.4 Å². The second-order valence-corrected chi connectivity index (χ2v) is 5.64. The standard InChI is InChI=1S/C16H27N3/c1-5-19(16-10-11-17-12-16)13(2)14-6-8-15(9-7-14)18(3)4/h6-9,13,16-17H,5,10-12H2,1-4H3. The van der Waals surface area contributed by atoms with Crippen LogP contribution in [0.1, 0.15) is 31.9 Å². The van der Waals surface area contributed by atoms with E-state index in [-0.39, 0.29) is 0 Å². The highest BCUT2D eigenvalue weighted by Gasteiger charge is 2.25. The summed E-state index contributed by atoms with van der Waals surface area (Å²) < 4.78 is 0. The minimum absolute atomic E-state index is 0.492. The first-order chi connectivity index (χ1) is 9.13. The number of hydrogen-bond donors (Lipinski definition) is 1. The predicted octanol–water partition coefficient (Wildman–Crippen LogP) is 2.50. The molecule has 1 fully saturated rings. The number of benzene rings is 1. The van der Waals surface area contributed by atoms with Crippen molar-refractivity contribution in [3.63, 3.8) is 0 Å². The van der Waals surface area contributed by atoms with Crippen LogP contribution in [0.25, 0.3) is 0 Å². The van der Waals surface area contributed by atoms with Crippen molar-refractivity contribution in [1.82, 2.24) is 10.2 Å². The van der Waals surface area contributed by atoms with Crippen molar-refractivity contribution in [2.24, 2.45) is 0 Å². The van der Waals surface area contributed by atoms with Gasteiger partial charge >= 0.3 is 0 Å². The van der Waals surface area contributed by atoms with Crippen LogP contribution in [0.4, 0.5) is 5.69 Å². The first-order valence-electron chi connectivity index (χ1n) is 7.37. The van der Waals surface area contributed by atoms with Crippen LogP contribution in [0.3, 0.4) is 0 Å². The first kappa shape index (κ1) is 14.4. The van der Waals surface area contributed by atoms with Gasteiger partial charge in [-0.05, 0) is 44.1 Å². The Balaban J connectivity index is 2.10. The fraction of sp³-hybridized carbons (Fsp3) is 0.625. The van der Waals surface area contributed by atoms with Crippen LogP contribution in [0.2, 0.25) is 0 Å². The van der Waals surface area contributed by atoms with Gasteiger partial charge in [0.25, 0.3) is 0 Å². The van der Waals surface area contributed by atoms with Gasteiger partial charge in [0, 0.05) is 38.4 Å². The quantitative estimate of drug-likeness (QED) is 0.878. The molecule has 106 valence electrons. The molecule has 0 aliphatic carbocycles. The number of anilines is 1. The van der Waals surface area contributed by atoms with E-state index < -0.39 is 0 Å². The Morgan fingerprint density at radius 2 is 1.95 bits per heavy atom. The monoisotopic (exact) mass is 261 g/mol. The molecule has 0 spiro atoms. The third-order valence-corrected chi connectivity index (χ3v) is 4.26. The average Bonchev–Trinajstić information content (AvgIpc) is 2.93. The Morgan fingerprint density at radius 1 is 1.26 bits per heavy atom. The lowest BCUT2D eigenvalue weighted by molar-refractivity contribution is 0.163. The van der Waals surface area contributed by atoms with Gasteiger partial charge in [0.05, 0.1) is 0 Å². The maximum Gasteiger partial charge on any atom is 0.0361 e. The van der Waals surface area contributed by atoms with Crippen LogP contribution in [-0.2, 0) is 0 Å². The number of nitrogens with one attached hydrogen (secondary N) is 1. The Labute approximate surface area is 117 Å². The number of hydrogen-bond acceptors (Lipinski definition) is 3. The molecule has 0 radical (unpaired) electrons. The van der Waals surface area contributed by atoms with E-state index in [9.17, 15) is 0 Å². The van der Waals surface area contributed by atoms with Gasteiger partial charge in [-0.1, -0.05) is 19.1 Å². The highest BCUT2D eigenvalue weighted by atomic mass is 15.2. The van der Waals surface area contributed by atoms with Gasteiger partial charge in [0.15, 0.2) is 0 Å². The zero-order valence-corrected chi connectivity index (χ0v) is 12.7. The minimum Gasteiger partial charge on any atom is -0.378 e. The number of nitrogens with zero attached hydrogens (tertiary/aromatic N) is 2. The van der Waals surface area contributed by atoms with Crippen LogP contribution >= 0.6 is 0 Å².